The number of hydrogen-bond donors (Lipinski definition) is 2. The van der Waals surface area contributed by atoms with Crippen LogP contribution in [-0.4, -0.2) is 19.7 Å². The summed E-state index contributed by atoms with van der Waals surface area (Å²) in [4.78, 5) is 11.7. The van der Waals surface area contributed by atoms with Crippen LogP contribution in [0, 0.1) is 11.8 Å². The molecule has 0 spiro atoms. The van der Waals surface area contributed by atoms with Gasteiger partial charge in [0.1, 0.15) is 5.75 Å². The van der Waals surface area contributed by atoms with E-state index in [0.717, 1.165) is 11.6 Å². The second-order valence-electron chi connectivity index (χ2n) is 4.88. The topological polar surface area (TPSA) is 50.4 Å². The number of alkyl halides is 3. The third-order valence-electron chi connectivity index (χ3n) is 3.14. The number of hydrogen-bond acceptors (Lipinski definition) is 2. The zero-order valence-corrected chi connectivity index (χ0v) is 13.3. The van der Waals surface area contributed by atoms with Crippen LogP contribution in [-0.2, 0) is 6.18 Å². The Morgan fingerprint density at radius 1 is 1.12 bits per heavy atom. The van der Waals surface area contributed by atoms with E-state index in [0.29, 0.717) is 5.75 Å². The Kier molecular flexibility index (Phi) is 5.90. The third-order valence-corrected chi connectivity index (χ3v) is 3.14. The fourth-order valence-corrected chi connectivity index (χ4v) is 1.95. The van der Waals surface area contributed by atoms with Crippen LogP contribution in [0.4, 0.5) is 23.7 Å². The van der Waals surface area contributed by atoms with E-state index in [2.05, 4.69) is 22.5 Å². The Morgan fingerprint density at radius 2 is 1.80 bits per heavy atom. The van der Waals surface area contributed by atoms with Gasteiger partial charge < -0.3 is 15.4 Å². The number of benzene rings is 2. The maximum absolute atomic E-state index is 12.8. The maximum atomic E-state index is 12.8. The number of amides is 2. The predicted octanol–water partition coefficient (Wildman–Crippen LogP) is 3.89. The lowest BCUT2D eigenvalue weighted by Gasteiger charge is -2.13. The summed E-state index contributed by atoms with van der Waals surface area (Å²) >= 11 is 0. The highest BCUT2D eigenvalue weighted by atomic mass is 19.4. The fourth-order valence-electron chi connectivity index (χ4n) is 1.95. The first-order valence-electron chi connectivity index (χ1n) is 7.24. The summed E-state index contributed by atoms with van der Waals surface area (Å²) in [5, 5.41) is 4.56. The number of methoxy groups -OCH3 is 1. The van der Waals surface area contributed by atoms with Gasteiger partial charge in [0.15, 0.2) is 0 Å². The minimum Gasteiger partial charge on any atom is -0.497 e. The van der Waals surface area contributed by atoms with E-state index in [9.17, 15) is 18.0 Å². The van der Waals surface area contributed by atoms with Gasteiger partial charge in [-0.15, -0.1) is 0 Å². The molecule has 0 bridgehead atoms. The highest BCUT2D eigenvalue weighted by Gasteiger charge is 2.33. The minimum atomic E-state index is -4.54. The fraction of sp³-hybridized carbons (Fsp3) is 0.167. The number of halogens is 3. The summed E-state index contributed by atoms with van der Waals surface area (Å²) < 4.78 is 43.6. The number of ether oxygens (including phenoxy) is 1. The van der Waals surface area contributed by atoms with Crippen molar-refractivity contribution in [2.24, 2.45) is 0 Å². The van der Waals surface area contributed by atoms with E-state index < -0.39 is 17.8 Å². The summed E-state index contributed by atoms with van der Waals surface area (Å²) in [6.45, 7) is -0.00789. The number of urea groups is 1. The molecular formula is C18H15F3N2O2. The van der Waals surface area contributed by atoms with Crippen LogP contribution in [0.3, 0.4) is 0 Å². The first-order chi connectivity index (χ1) is 11.9. The number of carbonyl (C=O) groups is 1. The molecule has 0 saturated carbocycles. The lowest BCUT2D eigenvalue weighted by atomic mass is 10.1. The summed E-state index contributed by atoms with van der Waals surface area (Å²) in [7, 11) is 1.56. The molecular weight excluding hydrogens is 333 g/mol. The standard InChI is InChI=1S/C18H15F3N2O2/c1-25-14-10-8-13(9-11-14)5-4-12-22-17(24)23-16-7-3-2-6-15(16)18(19,20)21/h2-3,6-11H,12H2,1H3,(H2,22,23,24). The molecule has 2 amide bonds. The second kappa shape index (κ2) is 8.11. The molecule has 0 fully saturated rings. The molecule has 2 rings (SSSR count). The maximum Gasteiger partial charge on any atom is 0.418 e. The first-order valence-corrected chi connectivity index (χ1v) is 7.24. The molecule has 0 aromatic heterocycles. The van der Waals surface area contributed by atoms with E-state index in [4.69, 9.17) is 4.74 Å². The molecule has 25 heavy (non-hydrogen) atoms. The Bertz CT molecular complexity index is 790. The molecule has 0 heterocycles. The molecule has 0 aliphatic heterocycles. The molecule has 0 aliphatic rings. The molecule has 0 aliphatic carbocycles. The van der Waals surface area contributed by atoms with Gasteiger partial charge in [-0.2, -0.15) is 13.2 Å². The van der Waals surface area contributed by atoms with Gasteiger partial charge in [0.2, 0.25) is 0 Å². The third kappa shape index (κ3) is 5.46. The van der Waals surface area contributed by atoms with Crippen LogP contribution in [0.1, 0.15) is 11.1 Å². The van der Waals surface area contributed by atoms with Crippen molar-refractivity contribution >= 4 is 11.7 Å². The van der Waals surface area contributed by atoms with Crippen LogP contribution < -0.4 is 15.4 Å². The van der Waals surface area contributed by atoms with Crippen LogP contribution in [0.15, 0.2) is 48.5 Å². The molecule has 0 radical (unpaired) electrons. The van der Waals surface area contributed by atoms with Crippen molar-refractivity contribution in [2.75, 3.05) is 19.0 Å². The molecule has 0 saturated heterocycles. The quantitative estimate of drug-likeness (QED) is 0.827. The predicted molar refractivity (Wildman–Crippen MR) is 88.3 cm³/mol. The zero-order valence-electron chi connectivity index (χ0n) is 13.3. The van der Waals surface area contributed by atoms with E-state index in [1.54, 1.807) is 31.4 Å². The molecule has 0 unspecified atom stereocenters. The van der Waals surface area contributed by atoms with Crippen LogP contribution >= 0.6 is 0 Å². The molecule has 4 nitrogen and oxygen atoms in total. The molecule has 2 N–H and O–H groups in total. The molecule has 0 atom stereocenters. The largest absolute Gasteiger partial charge is 0.497 e. The van der Waals surface area contributed by atoms with Gasteiger partial charge >= 0.3 is 12.2 Å². The van der Waals surface area contributed by atoms with Crippen molar-refractivity contribution in [2.45, 2.75) is 6.18 Å². The van der Waals surface area contributed by atoms with E-state index in [1.807, 2.05) is 0 Å². The number of para-hydroxylation sites is 1. The van der Waals surface area contributed by atoms with Gasteiger partial charge in [-0.1, -0.05) is 24.0 Å². The van der Waals surface area contributed by atoms with Gasteiger partial charge in [0.25, 0.3) is 0 Å². The summed E-state index contributed by atoms with van der Waals surface area (Å²) in [5.41, 5.74) is -0.490. The Morgan fingerprint density at radius 3 is 2.44 bits per heavy atom. The smallest absolute Gasteiger partial charge is 0.418 e. The van der Waals surface area contributed by atoms with Crippen molar-refractivity contribution in [3.63, 3.8) is 0 Å². The zero-order chi connectivity index (χ0) is 18.3. The monoisotopic (exact) mass is 348 g/mol. The summed E-state index contributed by atoms with van der Waals surface area (Å²) in [6.07, 6.45) is -4.54. The van der Waals surface area contributed by atoms with Gasteiger partial charge in [-0.05, 0) is 36.4 Å². The van der Waals surface area contributed by atoms with Crippen molar-refractivity contribution in [1.29, 1.82) is 0 Å². The van der Waals surface area contributed by atoms with Crippen LogP contribution in [0.5, 0.6) is 5.75 Å². The van der Waals surface area contributed by atoms with Crippen molar-refractivity contribution < 1.29 is 22.7 Å². The Balaban J connectivity index is 1.91. The molecule has 130 valence electrons. The van der Waals surface area contributed by atoms with Crippen LogP contribution in [0.25, 0.3) is 0 Å². The number of rotatable bonds is 3. The SMILES string of the molecule is COc1ccc(C#CCNC(=O)Nc2ccccc2C(F)(F)F)cc1. The first kappa shape index (κ1) is 18.2. The van der Waals surface area contributed by atoms with Crippen molar-refractivity contribution in [1.82, 2.24) is 5.32 Å². The summed E-state index contributed by atoms with van der Waals surface area (Å²) in [5.74, 6) is 6.24. The number of anilines is 1. The van der Waals surface area contributed by atoms with E-state index >= 15 is 0 Å². The minimum absolute atomic E-state index is 0.00789. The molecule has 2 aromatic carbocycles. The Hall–Kier alpha value is -3.14. The second-order valence-corrected chi connectivity index (χ2v) is 4.88. The lowest BCUT2D eigenvalue weighted by molar-refractivity contribution is -0.136. The highest BCUT2D eigenvalue weighted by molar-refractivity contribution is 5.90. The van der Waals surface area contributed by atoms with E-state index in [1.165, 1.54) is 18.2 Å². The van der Waals surface area contributed by atoms with Gasteiger partial charge in [0, 0.05) is 5.56 Å². The van der Waals surface area contributed by atoms with Crippen molar-refractivity contribution in [3.05, 3.63) is 59.7 Å². The average Bonchev–Trinajstić information content (AvgIpc) is 2.59. The van der Waals surface area contributed by atoms with Crippen molar-refractivity contribution in [3.8, 4) is 17.6 Å². The number of nitrogens with one attached hydrogen (secondary N) is 2. The van der Waals surface area contributed by atoms with Gasteiger partial charge in [-0.3, -0.25) is 0 Å². The summed E-state index contributed by atoms with van der Waals surface area (Å²) in [6, 6.07) is 11.0. The van der Waals surface area contributed by atoms with E-state index in [-0.39, 0.29) is 12.2 Å². The van der Waals surface area contributed by atoms with Gasteiger partial charge in [0.05, 0.1) is 24.9 Å². The molecule has 2 aromatic rings. The van der Waals surface area contributed by atoms with Crippen LogP contribution in [0.2, 0.25) is 0 Å². The highest BCUT2D eigenvalue weighted by Crippen LogP contribution is 2.34. The average molecular weight is 348 g/mol. The number of carbonyl (C=O) groups excluding carboxylic acids is 1. The Labute approximate surface area is 143 Å². The molecule has 7 heteroatoms. The lowest BCUT2D eigenvalue weighted by Crippen LogP contribution is -2.29. The van der Waals surface area contributed by atoms with Gasteiger partial charge in [-0.25, -0.2) is 4.79 Å². The normalized spacial score (nSPS) is 10.4.